The summed E-state index contributed by atoms with van der Waals surface area (Å²) in [7, 11) is 0. The van der Waals surface area contributed by atoms with Crippen LogP contribution < -0.4 is 16.0 Å². The molecule has 3 amide bonds. The maximum Gasteiger partial charge on any atom is 0.328 e. The fourth-order valence-corrected chi connectivity index (χ4v) is 2.85. The molecule has 0 spiro atoms. The largest absolute Gasteiger partial charge is 0.464 e. The van der Waals surface area contributed by atoms with Gasteiger partial charge in [-0.3, -0.25) is 4.79 Å². The molecule has 1 aromatic carbocycles. The second kappa shape index (κ2) is 7.73. The number of rotatable bonds is 5. The number of hydrogen-bond acceptors (Lipinski definition) is 6. The minimum Gasteiger partial charge on any atom is -0.464 e. The number of nitrogens with one attached hydrogen (secondary N) is 3. The third-order valence-corrected chi connectivity index (χ3v) is 3.85. The molecule has 1 aromatic heterocycles. The number of hydrogen-bond donors (Lipinski definition) is 3. The molecule has 0 fully saturated rings. The first-order valence-electron chi connectivity index (χ1n) is 7.31. The number of benzene rings is 1. The van der Waals surface area contributed by atoms with Crippen LogP contribution in [0, 0.1) is 0 Å². The third-order valence-electron chi connectivity index (χ3n) is 2.92. The van der Waals surface area contributed by atoms with Gasteiger partial charge in [-0.25, -0.2) is 14.6 Å². The van der Waals surface area contributed by atoms with Crippen LogP contribution in [0.1, 0.15) is 20.8 Å². The summed E-state index contributed by atoms with van der Waals surface area (Å²) >= 11 is 1.30. The lowest BCUT2D eigenvalue weighted by atomic mass is 10.3. The first kappa shape index (κ1) is 17.7. The lowest BCUT2D eigenvalue weighted by Gasteiger charge is -2.13. The van der Waals surface area contributed by atoms with Crippen molar-refractivity contribution >= 4 is 50.3 Å². The molecule has 8 nitrogen and oxygen atoms in total. The summed E-state index contributed by atoms with van der Waals surface area (Å²) in [5, 5.41) is 8.26. The standard InChI is InChI=1S/C15H18N4O4S/c1-4-23-13(21)8(2)16-14(22)18-10-5-6-11-12(7-10)24-15(19-11)17-9(3)20/h5-8H,4H2,1-3H3,(H2,16,18,22)(H,17,19,20). The molecule has 0 aliphatic rings. The molecule has 0 radical (unpaired) electrons. The molecule has 2 rings (SSSR count). The summed E-state index contributed by atoms with van der Waals surface area (Å²) in [5.41, 5.74) is 1.27. The van der Waals surface area contributed by atoms with Crippen LogP contribution in [-0.4, -0.2) is 35.5 Å². The summed E-state index contributed by atoms with van der Waals surface area (Å²) < 4.78 is 5.64. The molecule has 1 unspecified atom stereocenters. The van der Waals surface area contributed by atoms with Gasteiger partial charge in [0.25, 0.3) is 0 Å². The maximum atomic E-state index is 11.9. The number of aromatic nitrogens is 1. The SMILES string of the molecule is CCOC(=O)C(C)NC(=O)Nc1ccc2nc(NC(C)=O)sc2c1. The van der Waals surface area contributed by atoms with Gasteiger partial charge in [0.2, 0.25) is 5.91 Å². The number of thiazole rings is 1. The Kier molecular flexibility index (Phi) is 5.69. The van der Waals surface area contributed by atoms with E-state index in [4.69, 9.17) is 4.74 Å². The molecule has 0 saturated carbocycles. The Bertz CT molecular complexity index is 774. The highest BCUT2D eigenvalue weighted by Gasteiger charge is 2.16. The quantitative estimate of drug-likeness (QED) is 0.717. The van der Waals surface area contributed by atoms with Crippen molar-refractivity contribution in [2.75, 3.05) is 17.2 Å². The molecule has 0 aliphatic heterocycles. The van der Waals surface area contributed by atoms with Gasteiger partial charge >= 0.3 is 12.0 Å². The number of ether oxygens (including phenoxy) is 1. The second-order valence-corrected chi connectivity index (χ2v) is 5.99. The van der Waals surface area contributed by atoms with Crippen LogP contribution >= 0.6 is 11.3 Å². The molecule has 0 bridgehead atoms. The molecule has 1 atom stereocenters. The van der Waals surface area contributed by atoms with Crippen molar-refractivity contribution in [1.82, 2.24) is 10.3 Å². The number of anilines is 2. The van der Waals surface area contributed by atoms with Gasteiger partial charge < -0.3 is 20.7 Å². The van der Waals surface area contributed by atoms with E-state index in [2.05, 4.69) is 20.9 Å². The summed E-state index contributed by atoms with van der Waals surface area (Å²) in [6.45, 7) is 4.91. The maximum absolute atomic E-state index is 11.9. The minimum absolute atomic E-state index is 0.195. The highest BCUT2D eigenvalue weighted by atomic mass is 32.1. The topological polar surface area (TPSA) is 109 Å². The zero-order valence-electron chi connectivity index (χ0n) is 13.5. The average Bonchev–Trinajstić information content (AvgIpc) is 2.87. The van der Waals surface area contributed by atoms with Gasteiger partial charge in [0, 0.05) is 12.6 Å². The first-order valence-corrected chi connectivity index (χ1v) is 8.13. The van der Waals surface area contributed by atoms with Crippen LogP contribution in [0.15, 0.2) is 18.2 Å². The zero-order valence-corrected chi connectivity index (χ0v) is 14.3. The molecular formula is C15H18N4O4S. The van der Waals surface area contributed by atoms with Gasteiger partial charge in [-0.1, -0.05) is 11.3 Å². The van der Waals surface area contributed by atoms with Gasteiger partial charge in [0.1, 0.15) is 6.04 Å². The van der Waals surface area contributed by atoms with Crippen LogP contribution in [0.4, 0.5) is 15.6 Å². The van der Waals surface area contributed by atoms with E-state index >= 15 is 0 Å². The van der Waals surface area contributed by atoms with E-state index in [1.807, 2.05) is 0 Å². The minimum atomic E-state index is -0.747. The number of nitrogens with zero attached hydrogens (tertiary/aromatic N) is 1. The predicted octanol–water partition coefficient (Wildman–Crippen LogP) is 2.33. The molecule has 24 heavy (non-hydrogen) atoms. The number of urea groups is 1. The molecule has 9 heteroatoms. The molecular weight excluding hydrogens is 332 g/mol. The number of carbonyl (C=O) groups is 3. The predicted molar refractivity (Wildman–Crippen MR) is 92.2 cm³/mol. The Morgan fingerprint density at radius 3 is 2.71 bits per heavy atom. The Hall–Kier alpha value is -2.68. The second-order valence-electron chi connectivity index (χ2n) is 4.95. The van der Waals surface area contributed by atoms with Crippen molar-refractivity contribution in [1.29, 1.82) is 0 Å². The average molecular weight is 350 g/mol. The van der Waals surface area contributed by atoms with Crippen LogP contribution in [0.5, 0.6) is 0 Å². The van der Waals surface area contributed by atoms with Gasteiger partial charge in [0.15, 0.2) is 5.13 Å². The summed E-state index contributed by atoms with van der Waals surface area (Å²) in [5.74, 6) is -0.690. The number of esters is 1. The monoisotopic (exact) mass is 350 g/mol. The van der Waals surface area contributed by atoms with Gasteiger partial charge in [-0.2, -0.15) is 0 Å². The first-order chi connectivity index (χ1) is 11.4. The molecule has 128 valence electrons. The lowest BCUT2D eigenvalue weighted by molar-refractivity contribution is -0.144. The van der Waals surface area contributed by atoms with E-state index in [0.717, 1.165) is 10.2 Å². The van der Waals surface area contributed by atoms with Crippen LogP contribution in [0.3, 0.4) is 0 Å². The van der Waals surface area contributed by atoms with E-state index < -0.39 is 18.0 Å². The van der Waals surface area contributed by atoms with Crippen molar-refractivity contribution in [3.63, 3.8) is 0 Å². The Morgan fingerprint density at radius 1 is 1.29 bits per heavy atom. The van der Waals surface area contributed by atoms with Crippen molar-refractivity contribution in [2.45, 2.75) is 26.8 Å². The zero-order chi connectivity index (χ0) is 17.7. The molecule has 0 aliphatic carbocycles. The summed E-state index contributed by atoms with van der Waals surface area (Å²) in [6, 6.07) is 3.91. The molecule has 0 saturated heterocycles. The third kappa shape index (κ3) is 4.66. The molecule has 3 N–H and O–H groups in total. The highest BCUT2D eigenvalue weighted by molar-refractivity contribution is 7.22. The van der Waals surface area contributed by atoms with E-state index in [1.165, 1.54) is 18.3 Å². The van der Waals surface area contributed by atoms with Crippen LogP contribution in [-0.2, 0) is 14.3 Å². The Balaban J connectivity index is 2.02. The van der Waals surface area contributed by atoms with Crippen molar-refractivity contribution in [2.24, 2.45) is 0 Å². The lowest BCUT2D eigenvalue weighted by Crippen LogP contribution is -2.41. The smallest absolute Gasteiger partial charge is 0.328 e. The van der Waals surface area contributed by atoms with Crippen molar-refractivity contribution in [3.8, 4) is 0 Å². The van der Waals surface area contributed by atoms with E-state index in [1.54, 1.807) is 32.0 Å². The normalized spacial score (nSPS) is 11.6. The fraction of sp³-hybridized carbons (Fsp3) is 0.333. The van der Waals surface area contributed by atoms with Crippen molar-refractivity contribution < 1.29 is 19.1 Å². The Labute approximate surface area is 142 Å². The van der Waals surface area contributed by atoms with E-state index in [9.17, 15) is 14.4 Å². The summed E-state index contributed by atoms with van der Waals surface area (Å²) in [6.07, 6.45) is 0. The van der Waals surface area contributed by atoms with Crippen LogP contribution in [0.25, 0.3) is 10.2 Å². The van der Waals surface area contributed by atoms with E-state index in [0.29, 0.717) is 10.8 Å². The molecule has 2 aromatic rings. The summed E-state index contributed by atoms with van der Waals surface area (Å²) in [4.78, 5) is 38.7. The van der Waals surface area contributed by atoms with Gasteiger partial charge in [-0.05, 0) is 32.0 Å². The van der Waals surface area contributed by atoms with Crippen LogP contribution in [0.2, 0.25) is 0 Å². The van der Waals surface area contributed by atoms with Gasteiger partial charge in [-0.15, -0.1) is 0 Å². The molecule has 1 heterocycles. The van der Waals surface area contributed by atoms with E-state index in [-0.39, 0.29) is 12.5 Å². The highest BCUT2D eigenvalue weighted by Crippen LogP contribution is 2.28. The number of fused-ring (bicyclic) bond motifs is 1. The number of carbonyl (C=O) groups excluding carboxylic acids is 3. The van der Waals surface area contributed by atoms with Crippen molar-refractivity contribution in [3.05, 3.63) is 18.2 Å². The number of amides is 3. The Morgan fingerprint density at radius 2 is 2.04 bits per heavy atom. The fourth-order valence-electron chi connectivity index (χ4n) is 1.90. The van der Waals surface area contributed by atoms with Gasteiger partial charge in [0.05, 0.1) is 16.8 Å².